The molecular weight excluding hydrogens is 348 g/mol. The number of rotatable bonds is 4. The normalized spacial score (nSPS) is 20.6. The van der Waals surface area contributed by atoms with Crippen LogP contribution in [0, 0.1) is 5.92 Å². The Hall–Kier alpha value is -1.40. The van der Waals surface area contributed by atoms with Gasteiger partial charge in [0.05, 0.1) is 0 Å². The van der Waals surface area contributed by atoms with Gasteiger partial charge in [0.2, 0.25) is 0 Å². The maximum absolute atomic E-state index is 11.7. The van der Waals surface area contributed by atoms with Crippen LogP contribution in [0.4, 0.5) is 0 Å². The van der Waals surface area contributed by atoms with E-state index in [0.29, 0.717) is 3.88 Å². The van der Waals surface area contributed by atoms with E-state index < -0.39 is 35.7 Å². The predicted molar refractivity (Wildman–Crippen MR) is 82.7 cm³/mol. The molecule has 0 fully saturated rings. The molecule has 2 aliphatic carbocycles. The van der Waals surface area contributed by atoms with E-state index in [1.807, 2.05) is 6.92 Å². The molecule has 0 amide bonds. The van der Waals surface area contributed by atoms with Gasteiger partial charge >= 0.3 is 147 Å². The standard InChI is InChI=1S/C11H15.3C2H4O2.Ti/c1-8-7-10-5-3-4-6-11(10)9(8)2;3*1-2(3)4;/h9H,3-6H2,1-2H3;3*1H3,(H,3,4);/q;;;;+3/p-3. The Morgan fingerprint density at radius 3 is 1.83 bits per heavy atom. The molecule has 0 aliphatic heterocycles. The van der Waals surface area contributed by atoms with Crippen LogP contribution in [-0.4, -0.2) is 17.9 Å². The molecule has 2 aliphatic rings. The molecule has 0 saturated heterocycles. The number of hydrogen-bond donors (Lipinski definition) is 0. The average Bonchev–Trinajstić information content (AvgIpc) is 2.69. The summed E-state index contributed by atoms with van der Waals surface area (Å²) >= 11 is -4.64. The molecule has 132 valence electrons. The van der Waals surface area contributed by atoms with Gasteiger partial charge in [0.15, 0.2) is 0 Å². The van der Waals surface area contributed by atoms with Crippen LogP contribution in [0.3, 0.4) is 0 Å². The quantitative estimate of drug-likeness (QED) is 0.704. The van der Waals surface area contributed by atoms with Crippen LogP contribution in [0.15, 0.2) is 20.6 Å². The van der Waals surface area contributed by atoms with Gasteiger partial charge in [0.1, 0.15) is 0 Å². The van der Waals surface area contributed by atoms with Crippen molar-refractivity contribution in [2.24, 2.45) is 5.92 Å². The first kappa shape index (κ1) is 18.9. The van der Waals surface area contributed by atoms with Gasteiger partial charge in [-0.2, -0.15) is 0 Å². The third-order valence-corrected chi connectivity index (χ3v) is 9.17. The van der Waals surface area contributed by atoms with Crippen molar-refractivity contribution < 1.29 is 42.1 Å². The fourth-order valence-electron chi connectivity index (χ4n) is 3.62. The van der Waals surface area contributed by atoms with E-state index in [4.69, 9.17) is 9.96 Å². The molecule has 0 aromatic carbocycles. The van der Waals surface area contributed by atoms with Crippen LogP contribution in [0.1, 0.15) is 60.3 Å². The van der Waals surface area contributed by atoms with E-state index in [1.165, 1.54) is 26.3 Å². The number of hydrogen-bond acceptors (Lipinski definition) is 6. The first-order valence-electron chi connectivity index (χ1n) is 8.20. The van der Waals surface area contributed by atoms with Gasteiger partial charge in [-0.05, 0) is 0 Å². The summed E-state index contributed by atoms with van der Waals surface area (Å²) in [5, 5.41) is 0. The van der Waals surface area contributed by atoms with Crippen LogP contribution >= 0.6 is 0 Å². The maximum atomic E-state index is 11.7. The molecule has 0 saturated carbocycles. The Balaban J connectivity index is 2.63. The van der Waals surface area contributed by atoms with E-state index in [-0.39, 0.29) is 5.92 Å². The van der Waals surface area contributed by atoms with Crippen molar-refractivity contribution in [1.29, 1.82) is 0 Å². The van der Waals surface area contributed by atoms with Gasteiger partial charge in [0.25, 0.3) is 0 Å². The van der Waals surface area contributed by atoms with Crippen molar-refractivity contribution in [3.8, 4) is 0 Å². The zero-order valence-corrected chi connectivity index (χ0v) is 16.4. The zero-order valence-electron chi connectivity index (χ0n) is 14.9. The van der Waals surface area contributed by atoms with Crippen LogP contribution < -0.4 is 0 Å². The Kier molecular flexibility index (Phi) is 5.71. The molecule has 0 radical (unpaired) electrons. The third kappa shape index (κ3) is 3.65. The SMILES string of the molecule is CC(=O)[O][Ti]([O]C(C)=O)([O]C(C)=O)[C]1=C(C)C(C)C2=C1CCCC2. The van der Waals surface area contributed by atoms with E-state index in [1.54, 1.807) is 0 Å². The van der Waals surface area contributed by atoms with Crippen molar-refractivity contribution in [2.45, 2.75) is 60.3 Å². The molecule has 0 aromatic heterocycles. The summed E-state index contributed by atoms with van der Waals surface area (Å²) < 4.78 is 17.1. The number of carbonyl (C=O) groups excluding carboxylic acids is 3. The molecule has 0 bridgehead atoms. The second-order valence-electron chi connectivity index (χ2n) is 6.33. The number of carbonyl (C=O) groups is 3. The summed E-state index contributed by atoms with van der Waals surface area (Å²) in [6.07, 6.45) is 3.91. The van der Waals surface area contributed by atoms with Crippen LogP contribution in [-0.2, 0) is 42.1 Å². The van der Waals surface area contributed by atoms with Crippen molar-refractivity contribution in [3.63, 3.8) is 0 Å². The van der Waals surface area contributed by atoms with Crippen LogP contribution in [0.5, 0.6) is 0 Å². The molecule has 24 heavy (non-hydrogen) atoms. The zero-order chi connectivity index (χ0) is 18.1. The van der Waals surface area contributed by atoms with Crippen molar-refractivity contribution >= 4 is 17.9 Å². The van der Waals surface area contributed by atoms with Gasteiger partial charge in [-0.1, -0.05) is 0 Å². The van der Waals surface area contributed by atoms with Gasteiger partial charge in [0, 0.05) is 0 Å². The summed E-state index contributed by atoms with van der Waals surface area (Å²) in [6, 6.07) is 0. The predicted octanol–water partition coefficient (Wildman–Crippen LogP) is 3.37. The van der Waals surface area contributed by atoms with Crippen LogP contribution in [0.2, 0.25) is 0 Å². The van der Waals surface area contributed by atoms with E-state index in [2.05, 4.69) is 6.92 Å². The van der Waals surface area contributed by atoms with Crippen molar-refractivity contribution in [3.05, 3.63) is 20.6 Å². The van der Waals surface area contributed by atoms with E-state index in [0.717, 1.165) is 36.8 Å². The molecule has 0 N–H and O–H groups in total. The Bertz CT molecular complexity index is 605. The van der Waals surface area contributed by atoms with Crippen molar-refractivity contribution in [1.82, 2.24) is 0 Å². The average molecular weight is 372 g/mol. The Morgan fingerprint density at radius 1 is 0.917 bits per heavy atom. The van der Waals surface area contributed by atoms with Gasteiger partial charge < -0.3 is 0 Å². The summed E-state index contributed by atoms with van der Waals surface area (Å²) in [5.41, 5.74) is 3.33. The molecule has 0 spiro atoms. The molecular formula is C17H24O6Ti. The summed E-state index contributed by atoms with van der Waals surface area (Å²) in [6.45, 7) is 7.73. The minimum absolute atomic E-state index is 0.182. The van der Waals surface area contributed by atoms with E-state index >= 15 is 0 Å². The number of allylic oxidation sites excluding steroid dienone is 4. The monoisotopic (exact) mass is 372 g/mol. The van der Waals surface area contributed by atoms with E-state index in [9.17, 15) is 14.4 Å². The second-order valence-corrected chi connectivity index (χ2v) is 9.80. The fourth-order valence-corrected chi connectivity index (χ4v) is 8.18. The summed E-state index contributed by atoms with van der Waals surface area (Å²) in [5.74, 6) is -1.66. The summed E-state index contributed by atoms with van der Waals surface area (Å²) in [7, 11) is 0. The van der Waals surface area contributed by atoms with Gasteiger partial charge in [-0.25, -0.2) is 0 Å². The Morgan fingerprint density at radius 2 is 1.38 bits per heavy atom. The Labute approximate surface area is 147 Å². The van der Waals surface area contributed by atoms with Gasteiger partial charge in [-0.15, -0.1) is 0 Å². The summed E-state index contributed by atoms with van der Waals surface area (Å²) in [4.78, 5) is 35.2. The fraction of sp³-hybridized carbons (Fsp3) is 0.588. The third-order valence-electron chi connectivity index (χ3n) is 4.52. The van der Waals surface area contributed by atoms with Crippen molar-refractivity contribution in [2.75, 3.05) is 0 Å². The van der Waals surface area contributed by atoms with Crippen LogP contribution in [0.25, 0.3) is 0 Å². The van der Waals surface area contributed by atoms with Gasteiger partial charge in [-0.3, -0.25) is 0 Å². The molecule has 2 rings (SSSR count). The molecule has 0 heterocycles. The molecule has 6 nitrogen and oxygen atoms in total. The molecule has 7 heteroatoms. The molecule has 1 unspecified atom stereocenters. The topological polar surface area (TPSA) is 78.9 Å². The molecule has 0 aromatic rings. The minimum atomic E-state index is -4.64. The first-order valence-corrected chi connectivity index (χ1v) is 10.9. The molecule has 1 atom stereocenters. The second kappa shape index (κ2) is 7.24. The first-order chi connectivity index (χ1) is 11.2.